The fourth-order valence-corrected chi connectivity index (χ4v) is 3.95. The Balaban J connectivity index is 2.41. The largest absolute Gasteiger partial charge is 0.416 e. The quantitative estimate of drug-likeness (QED) is 0.755. The maximum atomic E-state index is 13.0. The lowest BCUT2D eigenvalue weighted by atomic mass is 10.1. The second kappa shape index (κ2) is 8.00. The summed E-state index contributed by atoms with van der Waals surface area (Å²) in [6.07, 6.45) is -3.83. The smallest absolute Gasteiger partial charge is 0.324 e. The molecule has 1 atom stereocenters. The summed E-state index contributed by atoms with van der Waals surface area (Å²) in [5.74, 6) is -0.715. The van der Waals surface area contributed by atoms with Crippen molar-refractivity contribution < 1.29 is 26.4 Å². The van der Waals surface area contributed by atoms with Gasteiger partial charge in [0, 0.05) is 10.7 Å². The van der Waals surface area contributed by atoms with Crippen LogP contribution in [0.25, 0.3) is 0 Å². The molecule has 28 heavy (non-hydrogen) atoms. The van der Waals surface area contributed by atoms with Gasteiger partial charge in [0.2, 0.25) is 15.9 Å². The van der Waals surface area contributed by atoms with Gasteiger partial charge in [-0.15, -0.1) is 0 Å². The fourth-order valence-electron chi connectivity index (χ4n) is 2.61. The molecule has 0 heterocycles. The minimum Gasteiger partial charge on any atom is -0.324 e. The van der Waals surface area contributed by atoms with E-state index in [1.165, 1.54) is 13.0 Å². The lowest BCUT2D eigenvalue weighted by Crippen LogP contribution is -2.45. The molecule has 0 saturated carbocycles. The first-order valence-corrected chi connectivity index (χ1v) is 10.3. The molecular weight excluding hydrogens is 417 g/mol. The van der Waals surface area contributed by atoms with Crippen LogP contribution in [0.2, 0.25) is 5.02 Å². The average molecular weight is 435 g/mol. The molecule has 0 saturated heterocycles. The predicted octanol–water partition coefficient (Wildman–Crippen LogP) is 4.46. The molecule has 0 bridgehead atoms. The number of alkyl halides is 3. The van der Waals surface area contributed by atoms with Crippen molar-refractivity contribution in [2.24, 2.45) is 0 Å². The Hall–Kier alpha value is -2.26. The van der Waals surface area contributed by atoms with E-state index in [9.17, 15) is 26.4 Å². The van der Waals surface area contributed by atoms with Gasteiger partial charge >= 0.3 is 6.18 Å². The Morgan fingerprint density at radius 2 is 1.79 bits per heavy atom. The molecule has 152 valence electrons. The van der Waals surface area contributed by atoms with E-state index >= 15 is 0 Å². The summed E-state index contributed by atoms with van der Waals surface area (Å²) in [5.41, 5.74) is -0.323. The van der Waals surface area contributed by atoms with Gasteiger partial charge in [-0.1, -0.05) is 23.7 Å². The number of benzene rings is 2. The third-order valence-corrected chi connectivity index (χ3v) is 5.69. The van der Waals surface area contributed by atoms with Crippen LogP contribution in [-0.4, -0.2) is 26.6 Å². The molecule has 1 amide bonds. The number of nitrogens with one attached hydrogen (secondary N) is 1. The highest BCUT2D eigenvalue weighted by Gasteiger charge is 2.34. The second-order valence-electron chi connectivity index (χ2n) is 6.18. The van der Waals surface area contributed by atoms with E-state index in [4.69, 9.17) is 11.6 Å². The number of hydrogen-bond donors (Lipinski definition) is 1. The second-order valence-corrected chi connectivity index (χ2v) is 8.45. The van der Waals surface area contributed by atoms with Crippen LogP contribution in [-0.2, 0) is 21.0 Å². The Bertz CT molecular complexity index is 994. The Morgan fingerprint density at radius 1 is 1.18 bits per heavy atom. The van der Waals surface area contributed by atoms with Gasteiger partial charge in [0.1, 0.15) is 6.04 Å². The van der Waals surface area contributed by atoms with Gasteiger partial charge in [0.25, 0.3) is 0 Å². The molecule has 0 radical (unpaired) electrons. The first-order valence-electron chi connectivity index (χ1n) is 8.05. The first kappa shape index (κ1) is 22.0. The summed E-state index contributed by atoms with van der Waals surface area (Å²) in [6, 6.07) is 7.31. The molecule has 0 spiro atoms. The number of carbonyl (C=O) groups is 1. The van der Waals surface area contributed by atoms with Crippen molar-refractivity contribution >= 4 is 38.9 Å². The number of sulfonamides is 1. The normalized spacial score (nSPS) is 13.1. The van der Waals surface area contributed by atoms with Crippen LogP contribution in [0.5, 0.6) is 0 Å². The van der Waals surface area contributed by atoms with Crippen molar-refractivity contribution in [3.8, 4) is 0 Å². The summed E-state index contributed by atoms with van der Waals surface area (Å²) < 4.78 is 64.2. The van der Waals surface area contributed by atoms with Crippen molar-refractivity contribution in [1.29, 1.82) is 0 Å². The van der Waals surface area contributed by atoms with E-state index in [0.717, 1.165) is 18.4 Å². The zero-order valence-electron chi connectivity index (χ0n) is 15.2. The van der Waals surface area contributed by atoms with Crippen molar-refractivity contribution in [1.82, 2.24) is 0 Å². The highest BCUT2D eigenvalue weighted by atomic mass is 35.5. The fraction of sp³-hybridized carbons (Fsp3) is 0.278. The van der Waals surface area contributed by atoms with Gasteiger partial charge in [-0.2, -0.15) is 13.2 Å². The lowest BCUT2D eigenvalue weighted by molar-refractivity contribution is -0.137. The Labute approximate surface area is 166 Å². The van der Waals surface area contributed by atoms with Crippen LogP contribution < -0.4 is 9.62 Å². The highest BCUT2D eigenvalue weighted by Crippen LogP contribution is 2.33. The third kappa shape index (κ3) is 4.96. The maximum absolute atomic E-state index is 13.0. The first-order chi connectivity index (χ1) is 12.8. The molecule has 0 aliphatic rings. The van der Waals surface area contributed by atoms with Gasteiger partial charge < -0.3 is 5.32 Å². The maximum Gasteiger partial charge on any atom is 0.416 e. The third-order valence-electron chi connectivity index (χ3n) is 4.04. The van der Waals surface area contributed by atoms with Crippen LogP contribution in [0.1, 0.15) is 18.1 Å². The summed E-state index contributed by atoms with van der Waals surface area (Å²) >= 11 is 6.00. The van der Waals surface area contributed by atoms with Crippen LogP contribution in [0, 0.1) is 6.92 Å². The summed E-state index contributed by atoms with van der Waals surface area (Å²) in [4.78, 5) is 12.6. The van der Waals surface area contributed by atoms with E-state index in [0.29, 0.717) is 26.6 Å². The molecule has 1 N–H and O–H groups in total. The zero-order chi connectivity index (χ0) is 21.3. The standard InChI is InChI=1S/C18H18ClF3N2O3S/c1-11-15(19)8-5-9-16(11)23-17(25)12(2)24(28(3,26)27)14-7-4-6-13(10-14)18(20,21)22/h4-10,12H,1-3H3,(H,23,25)/t12-/m0/s1. The summed E-state index contributed by atoms with van der Waals surface area (Å²) in [6.45, 7) is 2.96. The number of amides is 1. The van der Waals surface area contributed by atoms with E-state index in [1.54, 1.807) is 25.1 Å². The number of nitrogens with zero attached hydrogens (tertiary/aromatic N) is 1. The monoisotopic (exact) mass is 434 g/mol. The van der Waals surface area contributed by atoms with Gasteiger partial charge in [0.05, 0.1) is 17.5 Å². The van der Waals surface area contributed by atoms with Crippen LogP contribution >= 0.6 is 11.6 Å². The van der Waals surface area contributed by atoms with Gasteiger partial charge in [0.15, 0.2) is 0 Å². The Kier molecular flexibility index (Phi) is 6.30. The van der Waals surface area contributed by atoms with Crippen LogP contribution in [0.15, 0.2) is 42.5 Å². The van der Waals surface area contributed by atoms with E-state index < -0.39 is 33.7 Å². The predicted molar refractivity (Wildman–Crippen MR) is 103 cm³/mol. The molecule has 2 aromatic carbocycles. The Morgan fingerprint density at radius 3 is 2.36 bits per heavy atom. The summed E-state index contributed by atoms with van der Waals surface area (Å²) in [7, 11) is -4.06. The van der Waals surface area contributed by atoms with Gasteiger partial charge in [-0.05, 0) is 49.7 Å². The van der Waals surface area contributed by atoms with Gasteiger partial charge in [-0.25, -0.2) is 8.42 Å². The van der Waals surface area contributed by atoms with E-state index in [1.807, 2.05) is 0 Å². The molecule has 0 fully saturated rings. The molecule has 0 aromatic heterocycles. The van der Waals surface area contributed by atoms with Crippen molar-refractivity contribution in [2.75, 3.05) is 15.9 Å². The number of carbonyl (C=O) groups excluding carboxylic acids is 1. The molecule has 0 unspecified atom stereocenters. The molecule has 5 nitrogen and oxygen atoms in total. The van der Waals surface area contributed by atoms with Crippen LogP contribution in [0.4, 0.5) is 24.5 Å². The van der Waals surface area contributed by atoms with E-state index in [2.05, 4.69) is 5.32 Å². The van der Waals surface area contributed by atoms with Crippen molar-refractivity contribution in [3.05, 3.63) is 58.6 Å². The van der Waals surface area contributed by atoms with Crippen molar-refractivity contribution in [3.63, 3.8) is 0 Å². The number of rotatable bonds is 5. The number of hydrogen-bond acceptors (Lipinski definition) is 3. The van der Waals surface area contributed by atoms with Crippen LogP contribution in [0.3, 0.4) is 0 Å². The molecule has 2 rings (SSSR count). The number of anilines is 2. The minimum atomic E-state index is -4.65. The molecule has 2 aromatic rings. The average Bonchev–Trinajstić information content (AvgIpc) is 2.57. The molecule has 0 aliphatic heterocycles. The molecule has 0 aliphatic carbocycles. The SMILES string of the molecule is Cc1c(Cl)cccc1NC(=O)[C@H](C)N(c1cccc(C(F)(F)F)c1)S(C)(=O)=O. The lowest BCUT2D eigenvalue weighted by Gasteiger charge is -2.29. The van der Waals surface area contributed by atoms with Crippen molar-refractivity contribution in [2.45, 2.75) is 26.1 Å². The summed E-state index contributed by atoms with van der Waals surface area (Å²) in [5, 5.41) is 2.97. The molecule has 10 heteroatoms. The number of halogens is 4. The van der Waals surface area contributed by atoms with Gasteiger partial charge in [-0.3, -0.25) is 9.10 Å². The highest BCUT2D eigenvalue weighted by molar-refractivity contribution is 7.92. The topological polar surface area (TPSA) is 66.5 Å². The van der Waals surface area contributed by atoms with E-state index in [-0.39, 0.29) is 5.69 Å². The zero-order valence-corrected chi connectivity index (χ0v) is 16.8. The molecular formula is C18H18ClF3N2O3S. The minimum absolute atomic E-state index is 0.261.